The molecular weight excluding hydrogens is 280 g/mol. The summed E-state index contributed by atoms with van der Waals surface area (Å²) in [5.74, 6) is 0.183. The Morgan fingerprint density at radius 1 is 1.18 bits per heavy atom. The third-order valence-electron chi connectivity index (χ3n) is 4.26. The quantitative estimate of drug-likeness (QED) is 0.841. The number of rotatable bonds is 4. The van der Waals surface area contributed by atoms with Gasteiger partial charge in [0.15, 0.2) is 0 Å². The van der Waals surface area contributed by atoms with Crippen LogP contribution in [-0.2, 0) is 11.3 Å². The molecule has 1 aliphatic rings. The molecule has 0 aliphatic heterocycles. The number of esters is 1. The molecule has 5 heteroatoms. The molecule has 0 saturated heterocycles. The highest BCUT2D eigenvalue weighted by molar-refractivity contribution is 5.89. The van der Waals surface area contributed by atoms with Crippen molar-refractivity contribution in [2.75, 3.05) is 7.11 Å². The van der Waals surface area contributed by atoms with E-state index in [4.69, 9.17) is 0 Å². The minimum absolute atomic E-state index is 0.129. The van der Waals surface area contributed by atoms with Crippen molar-refractivity contribution in [3.8, 4) is 0 Å². The number of urea groups is 1. The van der Waals surface area contributed by atoms with Gasteiger partial charge < -0.3 is 15.4 Å². The van der Waals surface area contributed by atoms with Crippen LogP contribution in [0.4, 0.5) is 4.79 Å². The number of carbonyl (C=O) groups excluding carboxylic acids is 2. The van der Waals surface area contributed by atoms with Crippen LogP contribution < -0.4 is 10.6 Å². The summed E-state index contributed by atoms with van der Waals surface area (Å²) in [6.07, 6.45) is 4.68. The van der Waals surface area contributed by atoms with Gasteiger partial charge in [-0.25, -0.2) is 9.59 Å². The van der Waals surface area contributed by atoms with Gasteiger partial charge in [0, 0.05) is 12.6 Å². The number of ether oxygens (including phenoxy) is 1. The number of hydrogen-bond acceptors (Lipinski definition) is 3. The lowest BCUT2D eigenvalue weighted by Crippen LogP contribution is -2.45. The Balaban J connectivity index is 1.79. The standard InChI is InChI=1S/C17H24N2O3/c1-12-5-3-4-6-15(12)19-17(21)18-11-13-7-9-14(10-8-13)16(20)22-2/h7-10,12,15H,3-6,11H2,1-2H3,(H2,18,19,21)/t12-,15-/m0/s1. The van der Waals surface area contributed by atoms with Crippen LogP contribution in [0.3, 0.4) is 0 Å². The van der Waals surface area contributed by atoms with Gasteiger partial charge in [-0.1, -0.05) is 31.9 Å². The maximum Gasteiger partial charge on any atom is 0.337 e. The van der Waals surface area contributed by atoms with Gasteiger partial charge in [-0.3, -0.25) is 0 Å². The lowest BCUT2D eigenvalue weighted by molar-refractivity contribution is 0.0600. The predicted molar refractivity (Wildman–Crippen MR) is 84.6 cm³/mol. The van der Waals surface area contributed by atoms with Crippen molar-refractivity contribution in [1.29, 1.82) is 0 Å². The minimum atomic E-state index is -0.358. The van der Waals surface area contributed by atoms with E-state index in [0.29, 0.717) is 18.0 Å². The van der Waals surface area contributed by atoms with E-state index in [0.717, 1.165) is 12.0 Å². The van der Waals surface area contributed by atoms with E-state index in [2.05, 4.69) is 22.3 Å². The lowest BCUT2D eigenvalue weighted by Gasteiger charge is -2.29. The average molecular weight is 304 g/mol. The van der Waals surface area contributed by atoms with E-state index in [9.17, 15) is 9.59 Å². The predicted octanol–water partition coefficient (Wildman–Crippen LogP) is 2.85. The molecule has 22 heavy (non-hydrogen) atoms. The van der Waals surface area contributed by atoms with Gasteiger partial charge in [0.25, 0.3) is 0 Å². The summed E-state index contributed by atoms with van der Waals surface area (Å²) in [5, 5.41) is 5.92. The highest BCUT2D eigenvalue weighted by Gasteiger charge is 2.22. The van der Waals surface area contributed by atoms with Crippen molar-refractivity contribution < 1.29 is 14.3 Å². The summed E-state index contributed by atoms with van der Waals surface area (Å²) < 4.78 is 4.65. The fourth-order valence-electron chi connectivity index (χ4n) is 2.81. The molecule has 1 fully saturated rings. The van der Waals surface area contributed by atoms with Gasteiger partial charge in [0.2, 0.25) is 0 Å². The SMILES string of the molecule is COC(=O)c1ccc(CNC(=O)N[C@H]2CCCC[C@@H]2C)cc1. The Morgan fingerprint density at radius 3 is 2.50 bits per heavy atom. The first kappa shape index (κ1) is 16.3. The summed E-state index contributed by atoms with van der Waals surface area (Å²) in [4.78, 5) is 23.3. The minimum Gasteiger partial charge on any atom is -0.465 e. The molecule has 0 unspecified atom stereocenters. The molecular formula is C17H24N2O3. The van der Waals surface area contributed by atoms with Crippen LogP contribution in [-0.4, -0.2) is 25.2 Å². The maximum absolute atomic E-state index is 12.0. The normalized spacial score (nSPS) is 21.0. The van der Waals surface area contributed by atoms with Crippen molar-refractivity contribution in [3.63, 3.8) is 0 Å². The van der Waals surface area contributed by atoms with Gasteiger partial charge >= 0.3 is 12.0 Å². The first-order chi connectivity index (χ1) is 10.6. The van der Waals surface area contributed by atoms with E-state index in [-0.39, 0.29) is 18.0 Å². The molecule has 2 amide bonds. The Kier molecular flexibility index (Phi) is 5.81. The zero-order valence-electron chi connectivity index (χ0n) is 13.2. The third-order valence-corrected chi connectivity index (χ3v) is 4.26. The van der Waals surface area contributed by atoms with Gasteiger partial charge in [-0.15, -0.1) is 0 Å². The fourth-order valence-corrected chi connectivity index (χ4v) is 2.81. The highest BCUT2D eigenvalue weighted by Crippen LogP contribution is 2.23. The number of hydrogen-bond donors (Lipinski definition) is 2. The number of nitrogens with one attached hydrogen (secondary N) is 2. The first-order valence-corrected chi connectivity index (χ1v) is 7.81. The zero-order chi connectivity index (χ0) is 15.9. The van der Waals surface area contributed by atoms with Crippen LogP contribution in [0.5, 0.6) is 0 Å². The van der Waals surface area contributed by atoms with Crippen molar-refractivity contribution >= 4 is 12.0 Å². The molecule has 0 spiro atoms. The third kappa shape index (κ3) is 4.48. The van der Waals surface area contributed by atoms with Gasteiger partial charge in [-0.05, 0) is 36.5 Å². The van der Waals surface area contributed by atoms with Crippen LogP contribution in [0.2, 0.25) is 0 Å². The van der Waals surface area contributed by atoms with E-state index in [1.807, 2.05) is 12.1 Å². The van der Waals surface area contributed by atoms with Gasteiger partial charge in [0.05, 0.1) is 12.7 Å². The average Bonchev–Trinajstić information content (AvgIpc) is 2.55. The molecule has 2 N–H and O–H groups in total. The van der Waals surface area contributed by atoms with E-state index in [1.165, 1.54) is 26.4 Å². The Hall–Kier alpha value is -2.04. The number of carbonyl (C=O) groups is 2. The van der Waals surface area contributed by atoms with Gasteiger partial charge in [0.1, 0.15) is 0 Å². The Bertz CT molecular complexity index is 513. The molecule has 1 aliphatic carbocycles. The molecule has 0 heterocycles. The molecule has 1 aromatic carbocycles. The van der Waals surface area contributed by atoms with Crippen molar-refractivity contribution in [1.82, 2.24) is 10.6 Å². The first-order valence-electron chi connectivity index (χ1n) is 7.81. The van der Waals surface area contributed by atoms with Crippen LogP contribution in [0.1, 0.15) is 48.5 Å². The second kappa shape index (κ2) is 7.82. The maximum atomic E-state index is 12.0. The monoisotopic (exact) mass is 304 g/mol. The Morgan fingerprint density at radius 2 is 1.86 bits per heavy atom. The second-order valence-corrected chi connectivity index (χ2v) is 5.88. The molecule has 1 aromatic rings. The molecule has 5 nitrogen and oxygen atoms in total. The molecule has 0 aromatic heterocycles. The van der Waals surface area contributed by atoms with E-state index in [1.54, 1.807) is 12.1 Å². The summed E-state index contributed by atoms with van der Waals surface area (Å²) in [6, 6.07) is 7.17. The topological polar surface area (TPSA) is 67.4 Å². The van der Waals surface area contributed by atoms with Crippen molar-refractivity contribution in [2.45, 2.75) is 45.2 Å². The second-order valence-electron chi connectivity index (χ2n) is 5.88. The van der Waals surface area contributed by atoms with E-state index >= 15 is 0 Å². The van der Waals surface area contributed by atoms with Crippen LogP contribution >= 0.6 is 0 Å². The summed E-state index contributed by atoms with van der Waals surface area (Å²) in [6.45, 7) is 2.63. The Labute approximate surface area is 131 Å². The molecule has 0 bridgehead atoms. The molecule has 0 radical (unpaired) electrons. The van der Waals surface area contributed by atoms with E-state index < -0.39 is 0 Å². The largest absolute Gasteiger partial charge is 0.465 e. The molecule has 2 rings (SSSR count). The highest BCUT2D eigenvalue weighted by atomic mass is 16.5. The van der Waals surface area contributed by atoms with Crippen molar-refractivity contribution in [3.05, 3.63) is 35.4 Å². The van der Waals surface area contributed by atoms with Crippen molar-refractivity contribution in [2.24, 2.45) is 5.92 Å². The number of methoxy groups -OCH3 is 1. The number of amides is 2. The van der Waals surface area contributed by atoms with Crippen LogP contribution in [0.25, 0.3) is 0 Å². The zero-order valence-corrected chi connectivity index (χ0v) is 13.2. The molecule has 120 valence electrons. The van der Waals surface area contributed by atoms with Crippen LogP contribution in [0, 0.1) is 5.92 Å². The summed E-state index contributed by atoms with van der Waals surface area (Å²) >= 11 is 0. The smallest absolute Gasteiger partial charge is 0.337 e. The molecule has 1 saturated carbocycles. The lowest BCUT2D eigenvalue weighted by atomic mass is 9.86. The fraction of sp³-hybridized carbons (Fsp3) is 0.529. The number of benzene rings is 1. The molecule has 2 atom stereocenters. The summed E-state index contributed by atoms with van der Waals surface area (Å²) in [5.41, 5.74) is 1.45. The van der Waals surface area contributed by atoms with Gasteiger partial charge in [-0.2, -0.15) is 0 Å². The van der Waals surface area contributed by atoms with Crippen LogP contribution in [0.15, 0.2) is 24.3 Å². The summed E-state index contributed by atoms with van der Waals surface area (Å²) in [7, 11) is 1.36.